The smallest absolute Gasteiger partial charge is 0.214 e. The van der Waals surface area contributed by atoms with E-state index in [-0.39, 0.29) is 17.8 Å². The van der Waals surface area contributed by atoms with Crippen LogP contribution < -0.4 is 0 Å². The Kier molecular flexibility index (Phi) is 3.14. The highest BCUT2D eigenvalue weighted by atomic mass is 19.2. The van der Waals surface area contributed by atoms with Crippen LogP contribution in [0, 0.1) is 28.6 Å². The lowest BCUT2D eigenvalue weighted by atomic mass is 9.47. The van der Waals surface area contributed by atoms with Crippen LogP contribution in [0.25, 0.3) is 0 Å². The zero-order valence-electron chi connectivity index (χ0n) is 13.8. The zero-order valence-corrected chi connectivity index (χ0v) is 13.8. The van der Waals surface area contributed by atoms with Gasteiger partial charge in [-0.2, -0.15) is 0 Å². The third-order valence-corrected chi connectivity index (χ3v) is 8.17. The van der Waals surface area contributed by atoms with Crippen LogP contribution in [-0.2, 0) is 0 Å². The minimum atomic E-state index is -2.21. The van der Waals surface area contributed by atoms with Gasteiger partial charge in [0.15, 0.2) is 0 Å². The van der Waals surface area contributed by atoms with Gasteiger partial charge in [-0.15, -0.1) is 0 Å². The van der Waals surface area contributed by atoms with Crippen molar-refractivity contribution in [1.29, 1.82) is 0 Å². The first-order valence-corrected chi connectivity index (χ1v) is 9.09. The number of aliphatic hydroxyl groups excluding tert-OH is 1. The minimum Gasteiger partial charge on any atom is -0.392 e. The van der Waals surface area contributed by atoms with Crippen LogP contribution in [-0.4, -0.2) is 22.2 Å². The lowest BCUT2D eigenvalue weighted by Gasteiger charge is -2.59. The van der Waals surface area contributed by atoms with Gasteiger partial charge >= 0.3 is 0 Å². The Balaban J connectivity index is 1.75. The Morgan fingerprint density at radius 2 is 1.95 bits per heavy atom. The lowest BCUT2D eigenvalue weighted by Crippen LogP contribution is -2.59. The van der Waals surface area contributed by atoms with E-state index in [1.165, 1.54) is 25.7 Å². The largest absolute Gasteiger partial charge is 0.392 e. The molecule has 22 heavy (non-hydrogen) atoms. The molecule has 3 saturated carbocycles. The molecule has 0 amide bonds. The van der Waals surface area contributed by atoms with E-state index in [4.69, 9.17) is 0 Å². The van der Waals surface area contributed by atoms with Crippen molar-refractivity contribution in [3.05, 3.63) is 11.6 Å². The number of halogens is 1. The summed E-state index contributed by atoms with van der Waals surface area (Å²) in [5, 5.41) is 21.1. The van der Waals surface area contributed by atoms with Gasteiger partial charge in [-0.25, -0.2) is 4.39 Å². The molecular weight excluding hydrogens is 279 g/mol. The summed E-state index contributed by atoms with van der Waals surface area (Å²) in [5.74, 6) is -1.23. The molecular formula is C19H29FO2. The molecule has 0 aliphatic heterocycles. The van der Waals surface area contributed by atoms with Crippen LogP contribution in [0.2, 0.25) is 0 Å². The highest BCUT2D eigenvalue weighted by molar-refractivity contribution is 5.25. The molecule has 0 saturated heterocycles. The summed E-state index contributed by atoms with van der Waals surface area (Å²) in [6.45, 7) is 4.16. The van der Waals surface area contributed by atoms with Gasteiger partial charge in [0, 0.05) is 6.42 Å². The predicted molar refractivity (Wildman–Crippen MR) is 83.8 cm³/mol. The van der Waals surface area contributed by atoms with Gasteiger partial charge < -0.3 is 10.2 Å². The maximum absolute atomic E-state index is 14.7. The Morgan fingerprint density at radius 3 is 2.73 bits per heavy atom. The molecule has 3 fully saturated rings. The normalized spacial score (nSPS) is 57.6. The third-order valence-electron chi connectivity index (χ3n) is 8.17. The van der Waals surface area contributed by atoms with Crippen LogP contribution in [0.3, 0.4) is 0 Å². The molecule has 4 rings (SSSR count). The van der Waals surface area contributed by atoms with Crippen LogP contribution in [0.1, 0.15) is 65.2 Å². The summed E-state index contributed by atoms with van der Waals surface area (Å²) in [7, 11) is 0. The fraction of sp³-hybridized carbons (Fsp3) is 0.895. The molecule has 2 N–H and O–H groups in total. The van der Waals surface area contributed by atoms with Crippen molar-refractivity contribution in [2.45, 2.75) is 77.2 Å². The maximum Gasteiger partial charge on any atom is 0.214 e. The standard InChI is InChI=1S/C19H29FO2/c1-17-9-4-3-5-12(17)6-7-13-14-8-10-19(20,22)18(14,2)16(21)11-15(13)17/h6,13-16,21-22H,3-5,7-11H2,1-2H3/t13-,14-,15+,16?,17-,18+,19?/m0/s1. The second-order valence-electron chi connectivity index (χ2n) is 8.80. The average Bonchev–Trinajstić information content (AvgIpc) is 2.72. The van der Waals surface area contributed by atoms with Crippen LogP contribution in [0.15, 0.2) is 11.6 Å². The molecule has 2 unspecified atom stereocenters. The highest BCUT2D eigenvalue weighted by Gasteiger charge is 2.67. The van der Waals surface area contributed by atoms with Crippen LogP contribution in [0.5, 0.6) is 0 Å². The van der Waals surface area contributed by atoms with E-state index in [2.05, 4.69) is 13.0 Å². The molecule has 7 atom stereocenters. The molecule has 0 heterocycles. The molecule has 0 bridgehead atoms. The number of hydrogen-bond donors (Lipinski definition) is 2. The van der Waals surface area contributed by atoms with E-state index >= 15 is 0 Å². The van der Waals surface area contributed by atoms with Gasteiger partial charge in [0.1, 0.15) is 0 Å². The van der Waals surface area contributed by atoms with Gasteiger partial charge in [0.05, 0.1) is 11.5 Å². The number of fused-ring (bicyclic) bond motifs is 5. The van der Waals surface area contributed by atoms with Gasteiger partial charge in [-0.1, -0.05) is 31.9 Å². The van der Waals surface area contributed by atoms with E-state index < -0.39 is 17.4 Å². The van der Waals surface area contributed by atoms with Gasteiger partial charge in [-0.3, -0.25) is 0 Å². The van der Waals surface area contributed by atoms with E-state index in [0.29, 0.717) is 24.7 Å². The summed E-state index contributed by atoms with van der Waals surface area (Å²) in [5.41, 5.74) is 0.801. The third kappa shape index (κ3) is 1.67. The first kappa shape index (κ1) is 15.1. The molecule has 3 heteroatoms. The van der Waals surface area contributed by atoms with E-state index in [9.17, 15) is 14.6 Å². The zero-order chi connectivity index (χ0) is 15.8. The Morgan fingerprint density at radius 1 is 1.18 bits per heavy atom. The SMILES string of the molecule is C[C@]12CCCCC1=CC[C@@H]1[C@H]2CC(O)[C@@]2(C)[C@H]1CCC2(O)F. The quantitative estimate of drug-likeness (QED) is 0.665. The molecule has 2 nitrogen and oxygen atoms in total. The van der Waals surface area contributed by atoms with E-state index in [1.807, 2.05) is 0 Å². The second-order valence-corrected chi connectivity index (χ2v) is 8.80. The summed E-state index contributed by atoms with van der Waals surface area (Å²) in [6, 6.07) is 0. The summed E-state index contributed by atoms with van der Waals surface area (Å²) < 4.78 is 14.7. The Labute approximate surface area is 132 Å². The molecule has 4 aliphatic rings. The summed E-state index contributed by atoms with van der Waals surface area (Å²) in [6.07, 6.45) is 9.21. The molecule has 0 spiro atoms. The van der Waals surface area contributed by atoms with Crippen molar-refractivity contribution >= 4 is 0 Å². The predicted octanol–water partition coefficient (Wildman–Crippen LogP) is 3.97. The molecule has 4 aliphatic carbocycles. The van der Waals surface area contributed by atoms with Crippen molar-refractivity contribution in [1.82, 2.24) is 0 Å². The fourth-order valence-corrected chi connectivity index (χ4v) is 6.65. The first-order chi connectivity index (χ1) is 10.3. The molecule has 0 aromatic carbocycles. The number of allylic oxidation sites excluding steroid dienone is 2. The van der Waals surface area contributed by atoms with E-state index in [1.54, 1.807) is 12.5 Å². The highest BCUT2D eigenvalue weighted by Crippen LogP contribution is 2.67. The fourth-order valence-electron chi connectivity index (χ4n) is 6.65. The number of alkyl halides is 1. The van der Waals surface area contributed by atoms with Crippen molar-refractivity contribution in [2.24, 2.45) is 28.6 Å². The van der Waals surface area contributed by atoms with Gasteiger partial charge in [0.25, 0.3) is 0 Å². The molecule has 0 aromatic rings. The molecule has 124 valence electrons. The van der Waals surface area contributed by atoms with E-state index in [0.717, 1.165) is 6.42 Å². The maximum atomic E-state index is 14.7. The monoisotopic (exact) mass is 308 g/mol. The topological polar surface area (TPSA) is 40.5 Å². The van der Waals surface area contributed by atoms with Gasteiger partial charge in [-0.05, 0) is 61.7 Å². The Hall–Kier alpha value is -0.410. The van der Waals surface area contributed by atoms with Crippen LogP contribution >= 0.6 is 0 Å². The van der Waals surface area contributed by atoms with Crippen molar-refractivity contribution < 1.29 is 14.6 Å². The van der Waals surface area contributed by atoms with Crippen molar-refractivity contribution in [3.8, 4) is 0 Å². The van der Waals surface area contributed by atoms with Crippen molar-refractivity contribution in [3.63, 3.8) is 0 Å². The first-order valence-electron chi connectivity index (χ1n) is 9.09. The Bertz CT molecular complexity index is 514. The number of rotatable bonds is 0. The summed E-state index contributed by atoms with van der Waals surface area (Å²) in [4.78, 5) is 0. The molecule has 0 radical (unpaired) electrons. The number of hydrogen-bond acceptors (Lipinski definition) is 2. The lowest BCUT2D eigenvalue weighted by molar-refractivity contribution is -0.239. The number of aliphatic hydroxyl groups is 2. The van der Waals surface area contributed by atoms with Crippen molar-refractivity contribution in [2.75, 3.05) is 0 Å². The average molecular weight is 308 g/mol. The van der Waals surface area contributed by atoms with Crippen LogP contribution in [0.4, 0.5) is 4.39 Å². The minimum absolute atomic E-state index is 0.104. The molecule has 0 aromatic heterocycles. The van der Waals surface area contributed by atoms with Gasteiger partial charge in [0.2, 0.25) is 5.85 Å². The second kappa shape index (κ2) is 4.57. The summed E-state index contributed by atoms with van der Waals surface area (Å²) >= 11 is 0.